The lowest BCUT2D eigenvalue weighted by molar-refractivity contribution is 1.13. The maximum absolute atomic E-state index is 4.84. The Morgan fingerprint density at radius 1 is 0.400 bits per heavy atom. The number of para-hydroxylation sites is 1. The first-order valence-electron chi connectivity index (χ1n) is 16.8. The predicted octanol–water partition coefficient (Wildman–Crippen LogP) is 12.0. The highest BCUT2D eigenvalue weighted by Gasteiger charge is 2.21. The Hall–Kier alpha value is -6.78. The Morgan fingerprint density at radius 3 is 1.56 bits per heavy atom. The summed E-state index contributed by atoms with van der Waals surface area (Å²) < 4.78 is 2.32. The second-order valence-corrected chi connectivity index (χ2v) is 12.3. The normalized spacial score (nSPS) is 11.2. The number of pyridine rings is 2. The molecule has 0 radical (unpaired) electrons. The maximum atomic E-state index is 4.84. The van der Waals surface area contributed by atoms with E-state index >= 15 is 0 Å². The summed E-state index contributed by atoms with van der Waals surface area (Å²) in [7, 11) is 0. The fourth-order valence-corrected chi connectivity index (χ4v) is 6.94. The van der Waals surface area contributed by atoms with E-state index in [1.165, 1.54) is 33.0 Å². The Bertz CT molecular complexity index is 2460. The molecule has 6 aromatic carbocycles. The van der Waals surface area contributed by atoms with E-state index in [0.717, 1.165) is 45.2 Å². The number of anilines is 3. The van der Waals surface area contributed by atoms with Crippen molar-refractivity contribution in [1.82, 2.24) is 14.5 Å². The molecular formula is C46H32N4. The molecule has 3 aromatic heterocycles. The van der Waals surface area contributed by atoms with Crippen molar-refractivity contribution in [3.63, 3.8) is 0 Å². The molecular weight excluding hydrogens is 609 g/mol. The van der Waals surface area contributed by atoms with Crippen molar-refractivity contribution in [2.45, 2.75) is 0 Å². The van der Waals surface area contributed by atoms with Crippen molar-refractivity contribution in [3.8, 4) is 39.3 Å². The van der Waals surface area contributed by atoms with E-state index in [-0.39, 0.29) is 0 Å². The molecule has 0 saturated carbocycles. The van der Waals surface area contributed by atoms with Crippen LogP contribution in [0.15, 0.2) is 194 Å². The van der Waals surface area contributed by atoms with E-state index in [1.54, 1.807) is 6.20 Å². The lowest BCUT2D eigenvalue weighted by Crippen LogP contribution is -2.10. The highest BCUT2D eigenvalue weighted by atomic mass is 15.1. The van der Waals surface area contributed by atoms with Gasteiger partial charge in [-0.15, -0.1) is 0 Å². The van der Waals surface area contributed by atoms with Gasteiger partial charge in [0.15, 0.2) is 0 Å². The first kappa shape index (κ1) is 29.4. The molecule has 0 fully saturated rings. The number of benzene rings is 6. The van der Waals surface area contributed by atoms with Crippen LogP contribution >= 0.6 is 0 Å². The van der Waals surface area contributed by atoms with Crippen molar-refractivity contribution >= 4 is 38.9 Å². The van der Waals surface area contributed by atoms with Gasteiger partial charge >= 0.3 is 0 Å². The molecule has 0 aliphatic heterocycles. The Balaban J connectivity index is 1.22. The van der Waals surface area contributed by atoms with Gasteiger partial charge in [0, 0.05) is 28.3 Å². The summed E-state index contributed by atoms with van der Waals surface area (Å²) in [6.45, 7) is 0. The molecule has 0 atom stereocenters. The van der Waals surface area contributed by atoms with Gasteiger partial charge < -0.3 is 9.47 Å². The molecule has 236 valence electrons. The van der Waals surface area contributed by atoms with Crippen molar-refractivity contribution in [1.29, 1.82) is 0 Å². The molecule has 9 aromatic rings. The number of hydrogen-bond acceptors (Lipinski definition) is 3. The maximum Gasteiger partial charge on any atom is 0.0887 e. The lowest BCUT2D eigenvalue weighted by atomic mass is 10.0. The van der Waals surface area contributed by atoms with Gasteiger partial charge in [0.2, 0.25) is 0 Å². The van der Waals surface area contributed by atoms with Crippen LogP contribution in [0.4, 0.5) is 17.1 Å². The lowest BCUT2D eigenvalue weighted by Gasteiger charge is -2.27. The molecule has 0 spiro atoms. The van der Waals surface area contributed by atoms with Crippen LogP contribution in [-0.2, 0) is 0 Å². The second-order valence-electron chi connectivity index (χ2n) is 12.3. The van der Waals surface area contributed by atoms with E-state index in [1.807, 2.05) is 24.4 Å². The van der Waals surface area contributed by atoms with Crippen LogP contribution in [0.5, 0.6) is 0 Å². The summed E-state index contributed by atoms with van der Waals surface area (Å²) in [6, 6.07) is 64.2. The molecule has 4 heteroatoms. The van der Waals surface area contributed by atoms with Crippen molar-refractivity contribution < 1.29 is 0 Å². The molecule has 3 heterocycles. The molecule has 0 aliphatic rings. The van der Waals surface area contributed by atoms with Crippen LogP contribution in [0.3, 0.4) is 0 Å². The molecule has 0 unspecified atom stereocenters. The predicted molar refractivity (Wildman–Crippen MR) is 207 cm³/mol. The van der Waals surface area contributed by atoms with Gasteiger partial charge in [-0.1, -0.05) is 115 Å². The number of rotatable bonds is 7. The first-order valence-corrected chi connectivity index (χ1v) is 16.8. The fraction of sp³-hybridized carbons (Fsp3) is 0. The van der Waals surface area contributed by atoms with Gasteiger partial charge in [-0.05, 0) is 89.0 Å². The number of hydrogen-bond donors (Lipinski definition) is 0. The van der Waals surface area contributed by atoms with Gasteiger partial charge in [-0.3, -0.25) is 9.97 Å². The van der Waals surface area contributed by atoms with Gasteiger partial charge in [-0.25, -0.2) is 0 Å². The minimum absolute atomic E-state index is 0.847. The molecule has 0 aliphatic carbocycles. The summed E-state index contributed by atoms with van der Waals surface area (Å²) in [6.07, 6.45) is 3.75. The van der Waals surface area contributed by atoms with Gasteiger partial charge in [0.05, 0.1) is 40.0 Å². The summed E-state index contributed by atoms with van der Waals surface area (Å²) in [5.41, 5.74) is 13.0. The van der Waals surface area contributed by atoms with E-state index in [0.29, 0.717) is 0 Å². The molecule has 4 nitrogen and oxygen atoms in total. The third-order valence-electron chi connectivity index (χ3n) is 9.32. The van der Waals surface area contributed by atoms with Crippen LogP contribution in [0.2, 0.25) is 0 Å². The number of nitrogens with zero attached hydrogens (tertiary/aromatic N) is 4. The molecule has 0 saturated heterocycles. The van der Waals surface area contributed by atoms with E-state index < -0.39 is 0 Å². The van der Waals surface area contributed by atoms with E-state index in [4.69, 9.17) is 4.98 Å². The van der Waals surface area contributed by atoms with Crippen LogP contribution < -0.4 is 4.90 Å². The second kappa shape index (κ2) is 12.7. The van der Waals surface area contributed by atoms with Crippen molar-refractivity contribution in [3.05, 3.63) is 194 Å². The quantitative estimate of drug-likeness (QED) is 0.174. The number of fused-ring (bicyclic) bond motifs is 3. The minimum Gasteiger partial charge on any atom is -0.310 e. The smallest absolute Gasteiger partial charge is 0.0887 e. The Morgan fingerprint density at radius 2 is 0.960 bits per heavy atom. The average molecular weight is 641 g/mol. The van der Waals surface area contributed by atoms with Crippen LogP contribution in [-0.4, -0.2) is 14.5 Å². The zero-order valence-corrected chi connectivity index (χ0v) is 27.3. The monoisotopic (exact) mass is 640 g/mol. The Labute approximate surface area is 291 Å². The minimum atomic E-state index is 0.847. The molecule has 50 heavy (non-hydrogen) atoms. The van der Waals surface area contributed by atoms with E-state index in [2.05, 4.69) is 178 Å². The first-order chi connectivity index (χ1) is 24.8. The summed E-state index contributed by atoms with van der Waals surface area (Å²) in [5, 5.41) is 2.36. The molecule has 0 amide bonds. The molecule has 0 N–H and O–H groups in total. The highest BCUT2D eigenvalue weighted by molar-refractivity contribution is 6.16. The van der Waals surface area contributed by atoms with Crippen molar-refractivity contribution in [2.75, 3.05) is 4.90 Å². The van der Waals surface area contributed by atoms with Crippen LogP contribution in [0, 0.1) is 0 Å². The molecule has 9 rings (SSSR count). The standard InChI is InChI=1S/C46H32N4/c1-3-12-33(13-4-1)35-21-25-37(26-22-35)49(38-27-23-36(24-28-38)34-14-5-2-6-15-34)44-19-11-20-45-46(44)40-16-7-8-18-43(40)50(45)39-29-30-42(48-32-39)41-17-9-10-31-47-41/h1-32H. The van der Waals surface area contributed by atoms with Crippen LogP contribution in [0.1, 0.15) is 0 Å². The van der Waals surface area contributed by atoms with Gasteiger partial charge in [0.25, 0.3) is 0 Å². The summed E-state index contributed by atoms with van der Waals surface area (Å²) in [5.74, 6) is 0. The topological polar surface area (TPSA) is 34.0 Å². The summed E-state index contributed by atoms with van der Waals surface area (Å²) >= 11 is 0. The summed E-state index contributed by atoms with van der Waals surface area (Å²) in [4.78, 5) is 11.7. The van der Waals surface area contributed by atoms with Gasteiger partial charge in [-0.2, -0.15) is 0 Å². The third kappa shape index (κ3) is 5.29. The highest BCUT2D eigenvalue weighted by Crippen LogP contribution is 2.44. The number of aromatic nitrogens is 3. The van der Waals surface area contributed by atoms with Crippen LogP contribution in [0.25, 0.3) is 61.1 Å². The van der Waals surface area contributed by atoms with Crippen molar-refractivity contribution in [2.24, 2.45) is 0 Å². The van der Waals surface area contributed by atoms with E-state index in [9.17, 15) is 0 Å². The zero-order chi connectivity index (χ0) is 33.3. The third-order valence-corrected chi connectivity index (χ3v) is 9.32. The fourth-order valence-electron chi connectivity index (χ4n) is 6.94. The largest absolute Gasteiger partial charge is 0.310 e. The molecule has 0 bridgehead atoms. The zero-order valence-electron chi connectivity index (χ0n) is 27.3. The SMILES string of the molecule is c1ccc(-c2ccc(N(c3ccc(-c4ccccc4)cc3)c3cccc4c3c3ccccc3n4-c3ccc(-c4ccccn4)nc3)cc2)cc1. The Kier molecular flexibility index (Phi) is 7.45. The average Bonchev–Trinajstić information content (AvgIpc) is 3.55. The van der Waals surface area contributed by atoms with Gasteiger partial charge in [0.1, 0.15) is 0 Å².